The highest BCUT2D eigenvalue weighted by molar-refractivity contribution is 5.88. The molecular weight excluding hydrogens is 508 g/mol. The number of carbonyl (C=O) groups excluding carboxylic acids is 2. The third-order valence-electron chi connectivity index (χ3n) is 7.23. The summed E-state index contributed by atoms with van der Waals surface area (Å²) >= 11 is 0. The fraction of sp³-hybridized carbons (Fsp3) is 0.375. The Bertz CT molecular complexity index is 1300. The van der Waals surface area contributed by atoms with Crippen LogP contribution in [0.15, 0.2) is 78.9 Å². The average molecular weight is 547 g/mol. The Kier molecular flexibility index (Phi) is 9.12. The van der Waals surface area contributed by atoms with Crippen LogP contribution < -0.4 is 10.1 Å². The second-order valence-electron chi connectivity index (χ2n) is 10.9. The van der Waals surface area contributed by atoms with Gasteiger partial charge in [-0.1, -0.05) is 80.6 Å². The van der Waals surface area contributed by atoms with Gasteiger partial charge in [-0.15, -0.1) is 0 Å². The Morgan fingerprint density at radius 1 is 0.975 bits per heavy atom. The lowest BCUT2D eigenvalue weighted by atomic mass is 9.99. The highest BCUT2D eigenvalue weighted by Gasteiger charge is 2.50. The normalized spacial score (nSPS) is 19.2. The predicted molar refractivity (Wildman–Crippen MR) is 151 cm³/mol. The van der Waals surface area contributed by atoms with Crippen molar-refractivity contribution in [2.24, 2.45) is 5.92 Å². The third kappa shape index (κ3) is 6.81. The number of benzene rings is 3. The van der Waals surface area contributed by atoms with Gasteiger partial charge in [0.2, 0.25) is 5.91 Å². The number of ether oxygens (including phenoxy) is 3. The highest BCUT2D eigenvalue weighted by atomic mass is 16.5. The number of hydrogen-bond acceptors (Lipinski definition) is 7. The van der Waals surface area contributed by atoms with E-state index in [-0.39, 0.29) is 24.2 Å². The summed E-state index contributed by atoms with van der Waals surface area (Å²) in [6.07, 6.45) is -0.692. The van der Waals surface area contributed by atoms with Crippen molar-refractivity contribution in [3.05, 3.63) is 95.6 Å². The third-order valence-corrected chi connectivity index (χ3v) is 7.23. The van der Waals surface area contributed by atoms with Crippen molar-refractivity contribution in [2.75, 3.05) is 7.05 Å². The number of rotatable bonds is 10. The second kappa shape index (κ2) is 12.5. The van der Waals surface area contributed by atoms with E-state index in [1.807, 2.05) is 93.3 Å². The molecule has 4 rings (SSSR count). The summed E-state index contributed by atoms with van der Waals surface area (Å²) in [5.41, 5.74) is 1.69. The van der Waals surface area contributed by atoms with Crippen LogP contribution in [-0.4, -0.2) is 46.7 Å². The molecule has 1 aliphatic heterocycles. The minimum atomic E-state index is -0.837. The lowest BCUT2D eigenvalue weighted by Crippen LogP contribution is -2.54. The molecule has 3 aromatic carbocycles. The van der Waals surface area contributed by atoms with E-state index in [4.69, 9.17) is 14.2 Å². The van der Waals surface area contributed by atoms with Crippen LogP contribution >= 0.6 is 0 Å². The number of aromatic hydroxyl groups is 1. The van der Waals surface area contributed by atoms with E-state index in [0.29, 0.717) is 17.9 Å². The number of nitrogens with zero attached hydrogens (tertiary/aromatic N) is 1. The van der Waals surface area contributed by atoms with E-state index < -0.39 is 29.9 Å². The first-order chi connectivity index (χ1) is 19.1. The lowest BCUT2D eigenvalue weighted by molar-refractivity contribution is -0.151. The van der Waals surface area contributed by atoms with Crippen LogP contribution in [0.3, 0.4) is 0 Å². The summed E-state index contributed by atoms with van der Waals surface area (Å²) in [6, 6.07) is 22.5. The summed E-state index contributed by atoms with van der Waals surface area (Å²) in [5, 5.41) is 13.6. The van der Waals surface area contributed by atoms with Gasteiger partial charge >= 0.3 is 5.97 Å². The topological polar surface area (TPSA) is 97.3 Å². The van der Waals surface area contributed by atoms with Gasteiger partial charge in [0.25, 0.3) is 0 Å². The van der Waals surface area contributed by atoms with Gasteiger partial charge in [-0.05, 0) is 55.6 Å². The quantitative estimate of drug-likeness (QED) is 0.347. The molecular formula is C32H38N2O6. The van der Waals surface area contributed by atoms with Gasteiger partial charge in [-0.2, -0.15) is 0 Å². The monoisotopic (exact) mass is 546 g/mol. The summed E-state index contributed by atoms with van der Waals surface area (Å²) < 4.78 is 17.6. The van der Waals surface area contributed by atoms with Gasteiger partial charge in [0.05, 0.1) is 0 Å². The molecule has 0 saturated carbocycles. The molecule has 3 atom stereocenters. The van der Waals surface area contributed by atoms with Crippen molar-refractivity contribution in [1.29, 1.82) is 0 Å². The number of phenolic OH excluding ortho intramolecular Hbond substituents is 1. The van der Waals surface area contributed by atoms with Crippen molar-refractivity contribution in [2.45, 2.75) is 64.8 Å². The molecule has 2 N–H and O–H groups in total. The molecule has 1 aliphatic rings. The maximum atomic E-state index is 13.7. The summed E-state index contributed by atoms with van der Waals surface area (Å²) in [7, 11) is 1.81. The minimum absolute atomic E-state index is 0.0481. The fourth-order valence-electron chi connectivity index (χ4n) is 4.68. The van der Waals surface area contributed by atoms with Crippen LogP contribution in [0, 0.1) is 5.92 Å². The molecule has 1 saturated heterocycles. The number of nitrogens with one attached hydrogen (secondary N) is 1. The Hall–Kier alpha value is -3.88. The van der Waals surface area contributed by atoms with Crippen LogP contribution in [0.5, 0.6) is 11.5 Å². The van der Waals surface area contributed by atoms with Crippen LogP contribution in [0.1, 0.15) is 50.5 Å². The van der Waals surface area contributed by atoms with Crippen LogP contribution in [0.2, 0.25) is 0 Å². The van der Waals surface area contributed by atoms with Crippen molar-refractivity contribution in [3.8, 4) is 11.5 Å². The summed E-state index contributed by atoms with van der Waals surface area (Å²) in [6.45, 7) is 7.90. The Balaban J connectivity index is 1.49. The van der Waals surface area contributed by atoms with E-state index in [0.717, 1.165) is 11.1 Å². The number of esters is 1. The van der Waals surface area contributed by atoms with Gasteiger partial charge in [0.1, 0.15) is 37.1 Å². The van der Waals surface area contributed by atoms with Gasteiger partial charge < -0.3 is 24.6 Å². The van der Waals surface area contributed by atoms with Crippen LogP contribution in [0.25, 0.3) is 0 Å². The molecule has 0 aromatic heterocycles. The standard InChI is InChI=1S/C32H38N2O6/c1-21(2)27(31(37)39-20-23-14-10-7-11-15-23)33-30(36)28-29(40-32(3,4)34(28)5)24-16-17-26(25(35)18-24)38-19-22-12-8-6-9-13-22/h6-18,21,27-29,35H,19-20H2,1-5H3,(H,33,36)/t27-,28-,29+/m0/s1. The average Bonchev–Trinajstić information content (AvgIpc) is 3.19. The smallest absolute Gasteiger partial charge is 0.329 e. The van der Waals surface area contributed by atoms with Gasteiger partial charge in [0.15, 0.2) is 11.5 Å². The molecule has 3 aromatic rings. The Morgan fingerprint density at radius 3 is 2.15 bits per heavy atom. The molecule has 8 nitrogen and oxygen atoms in total. The zero-order valence-corrected chi connectivity index (χ0v) is 23.7. The molecule has 0 aliphatic carbocycles. The molecule has 212 valence electrons. The van der Waals surface area contributed by atoms with E-state index in [1.54, 1.807) is 25.2 Å². The summed E-state index contributed by atoms with van der Waals surface area (Å²) in [5.74, 6) is -0.774. The summed E-state index contributed by atoms with van der Waals surface area (Å²) in [4.78, 5) is 28.5. The first-order valence-corrected chi connectivity index (χ1v) is 13.5. The van der Waals surface area contributed by atoms with Crippen molar-refractivity contribution in [3.63, 3.8) is 0 Å². The lowest BCUT2D eigenvalue weighted by Gasteiger charge is -2.30. The van der Waals surface area contributed by atoms with E-state index in [9.17, 15) is 14.7 Å². The Labute approximate surface area is 235 Å². The van der Waals surface area contributed by atoms with E-state index in [1.165, 1.54) is 0 Å². The Morgan fingerprint density at radius 2 is 1.57 bits per heavy atom. The van der Waals surface area contributed by atoms with Crippen LogP contribution in [-0.2, 0) is 32.3 Å². The molecule has 1 heterocycles. The van der Waals surface area contributed by atoms with Crippen LogP contribution in [0.4, 0.5) is 0 Å². The van der Waals surface area contributed by atoms with Crippen molar-refractivity contribution < 1.29 is 28.9 Å². The van der Waals surface area contributed by atoms with Gasteiger partial charge in [0, 0.05) is 0 Å². The second-order valence-corrected chi connectivity index (χ2v) is 10.9. The number of hydrogen-bond donors (Lipinski definition) is 2. The van der Waals surface area contributed by atoms with Crippen molar-refractivity contribution in [1.82, 2.24) is 10.2 Å². The molecule has 0 bridgehead atoms. The maximum Gasteiger partial charge on any atom is 0.329 e. The number of amides is 1. The molecule has 0 unspecified atom stereocenters. The zero-order valence-electron chi connectivity index (χ0n) is 23.7. The number of phenols is 1. The molecule has 0 radical (unpaired) electrons. The molecule has 1 amide bonds. The predicted octanol–water partition coefficient (Wildman–Crippen LogP) is 4.96. The van der Waals surface area contributed by atoms with Gasteiger partial charge in [-0.3, -0.25) is 9.69 Å². The highest BCUT2D eigenvalue weighted by Crippen LogP contribution is 2.42. The fourth-order valence-corrected chi connectivity index (χ4v) is 4.68. The molecule has 1 fully saturated rings. The van der Waals surface area contributed by atoms with E-state index in [2.05, 4.69) is 5.32 Å². The molecule has 0 spiro atoms. The molecule has 8 heteroatoms. The maximum absolute atomic E-state index is 13.7. The largest absolute Gasteiger partial charge is 0.504 e. The minimum Gasteiger partial charge on any atom is -0.504 e. The number of carbonyl (C=O) groups is 2. The SMILES string of the molecule is CC(C)[C@H](NC(=O)[C@@H]1[C@@H](c2ccc(OCc3ccccc3)c(O)c2)OC(C)(C)N1C)C(=O)OCc1ccccc1. The van der Waals surface area contributed by atoms with Crippen molar-refractivity contribution >= 4 is 11.9 Å². The van der Waals surface area contributed by atoms with Gasteiger partial charge in [-0.25, -0.2) is 4.79 Å². The number of likely N-dealkylation sites (N-methyl/N-ethyl adjacent to an activating group) is 1. The first kappa shape index (κ1) is 29.1. The molecule has 40 heavy (non-hydrogen) atoms. The zero-order chi connectivity index (χ0) is 28.9. The first-order valence-electron chi connectivity index (χ1n) is 13.5. The van der Waals surface area contributed by atoms with E-state index >= 15 is 0 Å².